The van der Waals surface area contributed by atoms with E-state index in [4.69, 9.17) is 9.47 Å². The van der Waals surface area contributed by atoms with Gasteiger partial charge in [-0.25, -0.2) is 8.42 Å². The maximum Gasteiger partial charge on any atom is 0.190 e. The minimum atomic E-state index is -3.10. The van der Waals surface area contributed by atoms with Gasteiger partial charge in [-0.1, -0.05) is 30.3 Å². The first-order valence-corrected chi connectivity index (χ1v) is 10.6. The van der Waals surface area contributed by atoms with Crippen LogP contribution in [-0.2, 0) is 25.1 Å². The lowest BCUT2D eigenvalue weighted by atomic mass is 10.2. The fraction of sp³-hybridized carbons (Fsp3) is 0.611. The van der Waals surface area contributed by atoms with Gasteiger partial charge in [0.15, 0.2) is 15.8 Å². The summed E-state index contributed by atoms with van der Waals surface area (Å²) in [6, 6.07) is 9.25. The van der Waals surface area contributed by atoms with E-state index in [9.17, 15) is 8.42 Å². The molecule has 0 heterocycles. The Morgan fingerprint density at radius 2 is 1.70 bits per heavy atom. The van der Waals surface area contributed by atoms with E-state index in [1.165, 1.54) is 0 Å². The molecule has 0 fully saturated rings. The molecule has 0 bridgehead atoms. The average Bonchev–Trinajstić information content (AvgIpc) is 2.63. The van der Waals surface area contributed by atoms with Gasteiger partial charge in [0.1, 0.15) is 0 Å². The van der Waals surface area contributed by atoms with Gasteiger partial charge < -0.3 is 20.1 Å². The van der Waals surface area contributed by atoms with E-state index in [1.807, 2.05) is 30.3 Å². The van der Waals surface area contributed by atoms with Crippen LogP contribution in [0.15, 0.2) is 35.3 Å². The fourth-order valence-electron chi connectivity index (χ4n) is 2.25. The lowest BCUT2D eigenvalue weighted by Crippen LogP contribution is -2.38. The van der Waals surface area contributed by atoms with Crippen molar-refractivity contribution < 1.29 is 17.9 Å². The van der Waals surface area contributed by atoms with Gasteiger partial charge in [-0.2, -0.15) is 0 Å². The van der Waals surface area contributed by atoms with Crippen molar-refractivity contribution in [1.82, 2.24) is 10.6 Å². The molecule has 0 atom stereocenters. The number of methoxy groups -OCH3 is 1. The van der Waals surface area contributed by atoms with E-state index in [0.717, 1.165) is 18.5 Å². The second-order valence-corrected chi connectivity index (χ2v) is 8.00. The van der Waals surface area contributed by atoms with Crippen LogP contribution < -0.4 is 10.6 Å². The van der Waals surface area contributed by atoms with Crippen molar-refractivity contribution in [2.45, 2.75) is 18.6 Å². The Bertz CT molecular complexity index is 612. The summed E-state index contributed by atoms with van der Waals surface area (Å²) in [6.45, 7) is 3.15. The Hall–Kier alpha value is -0.910. The van der Waals surface area contributed by atoms with Crippen LogP contribution in [0.4, 0.5) is 0 Å². The van der Waals surface area contributed by atoms with Crippen LogP contribution in [0.1, 0.15) is 18.4 Å². The smallest absolute Gasteiger partial charge is 0.190 e. The highest BCUT2D eigenvalue weighted by atomic mass is 127. The number of aliphatic imine (C=N–C) groups is 1. The number of nitrogens with zero attached hydrogens (tertiary/aromatic N) is 1. The topological polar surface area (TPSA) is 89.0 Å². The molecular weight excluding hydrogens is 481 g/mol. The highest BCUT2D eigenvalue weighted by Gasteiger charge is 2.11. The Morgan fingerprint density at radius 1 is 1.04 bits per heavy atom. The van der Waals surface area contributed by atoms with Crippen LogP contribution in [-0.4, -0.2) is 67.2 Å². The molecule has 0 aliphatic rings. The van der Waals surface area contributed by atoms with E-state index in [1.54, 1.807) is 14.2 Å². The quantitative estimate of drug-likeness (QED) is 0.181. The normalized spacial score (nSPS) is 11.7. The summed E-state index contributed by atoms with van der Waals surface area (Å²) in [7, 11) is 0.239. The Labute approximate surface area is 180 Å². The van der Waals surface area contributed by atoms with E-state index in [-0.39, 0.29) is 35.5 Å². The van der Waals surface area contributed by atoms with Gasteiger partial charge in [-0.05, 0) is 18.4 Å². The molecule has 1 aromatic rings. The monoisotopic (exact) mass is 513 g/mol. The molecule has 0 aliphatic carbocycles. The van der Waals surface area contributed by atoms with Gasteiger partial charge in [-0.15, -0.1) is 24.0 Å². The summed E-state index contributed by atoms with van der Waals surface area (Å²) >= 11 is 0. The molecule has 0 unspecified atom stereocenters. The molecule has 9 heteroatoms. The number of sulfone groups is 1. The van der Waals surface area contributed by atoms with E-state index in [2.05, 4.69) is 15.6 Å². The van der Waals surface area contributed by atoms with E-state index in [0.29, 0.717) is 38.7 Å². The molecule has 0 amide bonds. The van der Waals surface area contributed by atoms with Gasteiger partial charge in [0.2, 0.25) is 0 Å². The van der Waals surface area contributed by atoms with Crippen molar-refractivity contribution in [1.29, 1.82) is 0 Å². The Balaban J connectivity index is 0.00000676. The molecule has 0 aromatic heterocycles. The average molecular weight is 513 g/mol. The molecule has 1 aromatic carbocycles. The zero-order chi connectivity index (χ0) is 19.1. The highest BCUT2D eigenvalue weighted by Crippen LogP contribution is 2.06. The van der Waals surface area contributed by atoms with Crippen molar-refractivity contribution in [2.24, 2.45) is 4.99 Å². The molecule has 0 spiro atoms. The highest BCUT2D eigenvalue weighted by molar-refractivity contribution is 14.0. The largest absolute Gasteiger partial charge is 0.382 e. The van der Waals surface area contributed by atoms with Gasteiger partial charge in [-0.3, -0.25) is 4.99 Å². The predicted octanol–water partition coefficient (Wildman–Crippen LogP) is 1.83. The second kappa shape index (κ2) is 16.1. The number of rotatable bonds is 13. The minimum absolute atomic E-state index is 0. The van der Waals surface area contributed by atoms with Crippen molar-refractivity contribution in [3.8, 4) is 0 Å². The van der Waals surface area contributed by atoms with Crippen LogP contribution in [0.5, 0.6) is 0 Å². The third-order valence-electron chi connectivity index (χ3n) is 3.57. The summed E-state index contributed by atoms with van der Waals surface area (Å²) < 4.78 is 34.6. The fourth-order valence-corrected chi connectivity index (χ4v) is 3.67. The lowest BCUT2D eigenvalue weighted by molar-refractivity contribution is 0.0698. The summed E-state index contributed by atoms with van der Waals surface area (Å²) in [5.41, 5.74) is 0.825. The maximum atomic E-state index is 12.1. The van der Waals surface area contributed by atoms with Gasteiger partial charge in [0.25, 0.3) is 0 Å². The number of hydrogen-bond acceptors (Lipinski definition) is 5. The van der Waals surface area contributed by atoms with Gasteiger partial charge >= 0.3 is 0 Å². The van der Waals surface area contributed by atoms with Crippen molar-refractivity contribution in [3.63, 3.8) is 0 Å². The molecule has 156 valence electrons. The molecular formula is C18H32IN3O4S. The van der Waals surface area contributed by atoms with Crippen LogP contribution in [0.3, 0.4) is 0 Å². The molecule has 0 aliphatic heterocycles. The number of nitrogens with one attached hydrogen (secondary N) is 2. The third kappa shape index (κ3) is 13.8. The van der Waals surface area contributed by atoms with Crippen molar-refractivity contribution >= 4 is 39.8 Å². The van der Waals surface area contributed by atoms with E-state index < -0.39 is 9.84 Å². The first-order valence-electron chi connectivity index (χ1n) is 8.83. The molecule has 0 saturated carbocycles. The standard InChI is InChI=1S/C18H31N3O4S.HI/c1-19-18(20-10-6-12-25-14-13-24-2)21-11-7-15-26(22,23)16-17-8-4-3-5-9-17;/h3-5,8-9H,6-7,10-16H2,1-2H3,(H2,19,20,21);1H. The third-order valence-corrected chi connectivity index (χ3v) is 5.25. The number of guanidine groups is 1. The molecule has 0 radical (unpaired) electrons. The second-order valence-electron chi connectivity index (χ2n) is 5.82. The van der Waals surface area contributed by atoms with Crippen LogP contribution in [0.2, 0.25) is 0 Å². The minimum Gasteiger partial charge on any atom is -0.382 e. The van der Waals surface area contributed by atoms with Crippen LogP contribution in [0, 0.1) is 0 Å². The lowest BCUT2D eigenvalue weighted by Gasteiger charge is -2.12. The van der Waals surface area contributed by atoms with E-state index >= 15 is 0 Å². The van der Waals surface area contributed by atoms with Crippen LogP contribution in [0.25, 0.3) is 0 Å². The number of halogens is 1. The zero-order valence-corrected chi connectivity index (χ0v) is 19.3. The number of ether oxygens (including phenoxy) is 2. The summed E-state index contributed by atoms with van der Waals surface area (Å²) in [4.78, 5) is 4.12. The number of hydrogen-bond donors (Lipinski definition) is 2. The predicted molar refractivity (Wildman–Crippen MR) is 121 cm³/mol. The van der Waals surface area contributed by atoms with Gasteiger partial charge in [0, 0.05) is 33.9 Å². The Morgan fingerprint density at radius 3 is 2.33 bits per heavy atom. The molecule has 7 nitrogen and oxygen atoms in total. The van der Waals surface area contributed by atoms with Crippen molar-refractivity contribution in [2.75, 3.05) is 52.8 Å². The first kappa shape index (κ1) is 26.1. The Kier molecular flexibility index (Phi) is 15.5. The summed E-state index contributed by atoms with van der Waals surface area (Å²) in [6.07, 6.45) is 1.39. The van der Waals surface area contributed by atoms with Crippen LogP contribution >= 0.6 is 24.0 Å². The molecule has 1 rings (SSSR count). The maximum absolute atomic E-state index is 12.1. The van der Waals surface area contributed by atoms with Gasteiger partial charge in [0.05, 0.1) is 24.7 Å². The summed E-state index contributed by atoms with van der Waals surface area (Å²) in [5.74, 6) is 0.908. The zero-order valence-electron chi connectivity index (χ0n) is 16.1. The van der Waals surface area contributed by atoms with Crippen molar-refractivity contribution in [3.05, 3.63) is 35.9 Å². The molecule has 27 heavy (non-hydrogen) atoms. The molecule has 2 N–H and O–H groups in total. The SMILES string of the molecule is CN=C(NCCCOCCOC)NCCCS(=O)(=O)Cc1ccccc1.I. The summed E-state index contributed by atoms with van der Waals surface area (Å²) in [5, 5.41) is 6.31. The number of benzene rings is 1. The first-order chi connectivity index (χ1) is 12.6. The molecule has 0 saturated heterocycles.